The average molecular weight is 290 g/mol. The minimum absolute atomic E-state index is 0.109. The van der Waals surface area contributed by atoms with Crippen LogP contribution in [0, 0.1) is 18.8 Å². The van der Waals surface area contributed by atoms with Gasteiger partial charge in [0.05, 0.1) is 6.10 Å². The second kappa shape index (κ2) is 6.94. The van der Waals surface area contributed by atoms with Crippen molar-refractivity contribution < 1.29 is 9.53 Å². The van der Waals surface area contributed by atoms with Crippen LogP contribution in [-0.4, -0.2) is 18.6 Å². The Morgan fingerprint density at radius 1 is 1.29 bits per heavy atom. The molecule has 1 aliphatic carbocycles. The fourth-order valence-corrected chi connectivity index (χ4v) is 3.12. The van der Waals surface area contributed by atoms with E-state index in [0.717, 1.165) is 24.1 Å². The monoisotopic (exact) mass is 290 g/mol. The minimum atomic E-state index is -0.121. The summed E-state index contributed by atoms with van der Waals surface area (Å²) in [6.07, 6.45) is 3.57. The molecule has 1 aromatic rings. The van der Waals surface area contributed by atoms with Crippen molar-refractivity contribution in [1.29, 1.82) is 0 Å². The smallest absolute Gasteiger partial charge is 0.250 e. The summed E-state index contributed by atoms with van der Waals surface area (Å²) in [5.41, 5.74) is 8.25. The molecule has 2 unspecified atom stereocenters. The predicted octanol–water partition coefficient (Wildman–Crippen LogP) is 3.36. The van der Waals surface area contributed by atoms with Crippen LogP contribution in [-0.2, 0) is 9.53 Å². The summed E-state index contributed by atoms with van der Waals surface area (Å²) < 4.78 is 5.77. The molecule has 21 heavy (non-hydrogen) atoms. The number of nitrogen functional groups attached to an aromatic ring is 1. The van der Waals surface area contributed by atoms with Gasteiger partial charge in [-0.05, 0) is 55.7 Å². The maximum Gasteiger partial charge on any atom is 0.250 e. The van der Waals surface area contributed by atoms with Gasteiger partial charge >= 0.3 is 0 Å². The molecule has 2 rings (SSSR count). The second-order valence-corrected chi connectivity index (χ2v) is 6.47. The van der Waals surface area contributed by atoms with Gasteiger partial charge in [0.25, 0.3) is 0 Å². The number of carbonyl (C=O) groups excluding carboxylic acids is 1. The van der Waals surface area contributed by atoms with Gasteiger partial charge in [-0.3, -0.25) is 4.79 Å². The molecule has 2 atom stereocenters. The Labute approximate surface area is 127 Å². The van der Waals surface area contributed by atoms with Gasteiger partial charge in [-0.1, -0.05) is 19.9 Å². The first kappa shape index (κ1) is 15.8. The molecule has 0 heterocycles. The number of ether oxygens (including phenoxy) is 1. The lowest BCUT2D eigenvalue weighted by Gasteiger charge is -2.31. The molecule has 3 N–H and O–H groups in total. The summed E-state index contributed by atoms with van der Waals surface area (Å²) in [6, 6.07) is 5.53. The normalized spacial score (nSPS) is 25.6. The van der Waals surface area contributed by atoms with Crippen LogP contribution in [0.1, 0.15) is 38.7 Å². The number of carbonyl (C=O) groups is 1. The lowest BCUT2D eigenvalue weighted by molar-refractivity contribution is -0.124. The number of aryl methyl sites for hydroxylation is 1. The van der Waals surface area contributed by atoms with Gasteiger partial charge in [-0.15, -0.1) is 0 Å². The third-order valence-electron chi connectivity index (χ3n) is 4.15. The number of nitrogens with two attached hydrogens (primary N) is 1. The molecule has 0 aromatic heterocycles. The van der Waals surface area contributed by atoms with E-state index in [0.29, 0.717) is 17.5 Å². The van der Waals surface area contributed by atoms with Gasteiger partial charge in [0.2, 0.25) is 5.91 Å². The zero-order valence-corrected chi connectivity index (χ0v) is 13.2. The number of hydrogen-bond donors (Lipinski definition) is 2. The van der Waals surface area contributed by atoms with E-state index in [4.69, 9.17) is 10.5 Å². The Kier molecular flexibility index (Phi) is 5.23. The molecule has 1 saturated carbocycles. The zero-order valence-electron chi connectivity index (χ0n) is 13.2. The highest BCUT2D eigenvalue weighted by Gasteiger charge is 2.24. The van der Waals surface area contributed by atoms with Crippen LogP contribution in [0.25, 0.3) is 0 Å². The van der Waals surface area contributed by atoms with Crippen molar-refractivity contribution >= 4 is 17.3 Å². The molecular formula is C17H26N2O2. The molecule has 4 nitrogen and oxygen atoms in total. The maximum absolute atomic E-state index is 11.9. The summed E-state index contributed by atoms with van der Waals surface area (Å²) in [7, 11) is 0. The van der Waals surface area contributed by atoms with Crippen molar-refractivity contribution in [2.24, 2.45) is 11.8 Å². The lowest BCUT2D eigenvalue weighted by Crippen LogP contribution is -2.29. The topological polar surface area (TPSA) is 64.3 Å². The van der Waals surface area contributed by atoms with E-state index in [-0.39, 0.29) is 18.6 Å². The number of nitrogens with one attached hydrogen (secondary N) is 1. The van der Waals surface area contributed by atoms with Crippen molar-refractivity contribution in [1.82, 2.24) is 0 Å². The standard InChI is InChI=1S/C17H26N2O2/c1-11-6-12(2)8-15(7-11)21-10-17(20)19-14-5-4-13(3)16(18)9-14/h4-5,9,11-12,15H,6-8,10,18H2,1-3H3,(H,19,20). The molecule has 0 saturated heterocycles. The molecule has 1 aromatic carbocycles. The van der Waals surface area contributed by atoms with Gasteiger partial charge in [-0.25, -0.2) is 0 Å². The molecule has 0 radical (unpaired) electrons. The summed E-state index contributed by atoms with van der Waals surface area (Å²) >= 11 is 0. The molecule has 116 valence electrons. The van der Waals surface area contributed by atoms with Crippen molar-refractivity contribution in [3.8, 4) is 0 Å². The lowest BCUT2D eigenvalue weighted by atomic mass is 9.82. The summed E-state index contributed by atoms with van der Waals surface area (Å²) in [4.78, 5) is 11.9. The number of hydrogen-bond acceptors (Lipinski definition) is 3. The summed E-state index contributed by atoms with van der Waals surface area (Å²) in [5.74, 6) is 1.24. The molecule has 1 aliphatic rings. The molecule has 1 fully saturated rings. The van der Waals surface area contributed by atoms with Crippen molar-refractivity contribution in [3.63, 3.8) is 0 Å². The first-order valence-corrected chi connectivity index (χ1v) is 7.71. The Bertz CT molecular complexity index is 492. The Morgan fingerprint density at radius 2 is 1.95 bits per heavy atom. The van der Waals surface area contributed by atoms with Crippen LogP contribution in [0.15, 0.2) is 18.2 Å². The largest absolute Gasteiger partial charge is 0.398 e. The second-order valence-electron chi connectivity index (χ2n) is 6.47. The molecule has 0 spiro atoms. The van der Waals surface area contributed by atoms with E-state index in [2.05, 4.69) is 19.2 Å². The molecule has 0 aliphatic heterocycles. The minimum Gasteiger partial charge on any atom is -0.398 e. The van der Waals surface area contributed by atoms with E-state index < -0.39 is 0 Å². The fourth-order valence-electron chi connectivity index (χ4n) is 3.12. The number of amides is 1. The Balaban J connectivity index is 1.80. The Morgan fingerprint density at radius 3 is 2.57 bits per heavy atom. The van der Waals surface area contributed by atoms with Gasteiger partial charge < -0.3 is 15.8 Å². The van der Waals surface area contributed by atoms with Gasteiger partial charge in [0.1, 0.15) is 6.61 Å². The van der Waals surface area contributed by atoms with Crippen molar-refractivity contribution in [2.75, 3.05) is 17.7 Å². The molecule has 0 bridgehead atoms. The third-order valence-corrected chi connectivity index (χ3v) is 4.15. The quantitative estimate of drug-likeness (QED) is 0.836. The SMILES string of the molecule is Cc1ccc(NC(=O)COC2CC(C)CC(C)C2)cc1N. The third kappa shape index (κ3) is 4.74. The molecular weight excluding hydrogens is 264 g/mol. The number of anilines is 2. The van der Waals surface area contributed by atoms with Gasteiger partial charge in [0, 0.05) is 11.4 Å². The highest BCUT2D eigenvalue weighted by molar-refractivity contribution is 5.92. The predicted molar refractivity (Wildman–Crippen MR) is 86.1 cm³/mol. The highest BCUT2D eigenvalue weighted by Crippen LogP contribution is 2.30. The first-order valence-electron chi connectivity index (χ1n) is 7.71. The highest BCUT2D eigenvalue weighted by atomic mass is 16.5. The molecule has 1 amide bonds. The van der Waals surface area contributed by atoms with Crippen LogP contribution in [0.2, 0.25) is 0 Å². The zero-order chi connectivity index (χ0) is 15.4. The first-order chi connectivity index (χ1) is 9.94. The van der Waals surface area contributed by atoms with Crippen LogP contribution >= 0.6 is 0 Å². The van der Waals surface area contributed by atoms with E-state index in [9.17, 15) is 4.79 Å². The molecule has 4 heteroatoms. The van der Waals surface area contributed by atoms with Crippen LogP contribution < -0.4 is 11.1 Å². The van der Waals surface area contributed by atoms with E-state index >= 15 is 0 Å². The van der Waals surface area contributed by atoms with Gasteiger partial charge in [0.15, 0.2) is 0 Å². The van der Waals surface area contributed by atoms with Crippen molar-refractivity contribution in [3.05, 3.63) is 23.8 Å². The van der Waals surface area contributed by atoms with Crippen LogP contribution in [0.5, 0.6) is 0 Å². The number of rotatable bonds is 4. The van der Waals surface area contributed by atoms with Crippen LogP contribution in [0.3, 0.4) is 0 Å². The van der Waals surface area contributed by atoms with Gasteiger partial charge in [-0.2, -0.15) is 0 Å². The number of benzene rings is 1. The summed E-state index contributed by atoms with van der Waals surface area (Å²) in [5, 5.41) is 2.83. The van der Waals surface area contributed by atoms with E-state index in [1.54, 1.807) is 6.07 Å². The summed E-state index contributed by atoms with van der Waals surface area (Å²) in [6.45, 7) is 6.55. The maximum atomic E-state index is 11.9. The van der Waals surface area contributed by atoms with E-state index in [1.807, 2.05) is 19.1 Å². The van der Waals surface area contributed by atoms with Crippen LogP contribution in [0.4, 0.5) is 11.4 Å². The Hall–Kier alpha value is -1.55. The van der Waals surface area contributed by atoms with E-state index in [1.165, 1.54) is 6.42 Å². The van der Waals surface area contributed by atoms with Crippen molar-refractivity contribution in [2.45, 2.75) is 46.1 Å². The average Bonchev–Trinajstić information content (AvgIpc) is 2.40. The fraction of sp³-hybridized carbons (Fsp3) is 0.588.